The lowest BCUT2D eigenvalue weighted by atomic mass is 9.96. The molecule has 6 heteroatoms. The Morgan fingerprint density at radius 2 is 1.54 bits per heavy atom. The van der Waals surface area contributed by atoms with Gasteiger partial charge in [0.15, 0.2) is 0 Å². The molecule has 0 heterocycles. The van der Waals surface area contributed by atoms with Crippen LogP contribution in [0.4, 0.5) is 0 Å². The average molecular weight is 356 g/mol. The molecular formula is C18H30ClN3O2. The maximum atomic E-state index is 12.5. The highest BCUT2D eigenvalue weighted by Gasteiger charge is 2.20. The topological polar surface area (TPSA) is 52.7 Å². The molecule has 0 aliphatic rings. The van der Waals surface area contributed by atoms with Gasteiger partial charge in [0.05, 0.1) is 0 Å². The number of halogens is 1. The number of carbonyl (C=O) groups is 2. The second-order valence-electron chi connectivity index (χ2n) is 7.13. The van der Waals surface area contributed by atoms with Crippen LogP contribution in [0.2, 0.25) is 0 Å². The molecule has 0 atom stereocenters. The van der Waals surface area contributed by atoms with E-state index >= 15 is 0 Å². The lowest BCUT2D eigenvalue weighted by Crippen LogP contribution is -2.35. The van der Waals surface area contributed by atoms with Gasteiger partial charge in [0.25, 0.3) is 11.8 Å². The number of nitrogens with zero attached hydrogens (tertiary/aromatic N) is 2. The van der Waals surface area contributed by atoms with Gasteiger partial charge >= 0.3 is 0 Å². The second kappa shape index (κ2) is 9.64. The van der Waals surface area contributed by atoms with E-state index in [2.05, 4.69) is 26.1 Å². The molecule has 2 amide bonds. The van der Waals surface area contributed by atoms with Crippen LogP contribution in [0.5, 0.6) is 0 Å². The summed E-state index contributed by atoms with van der Waals surface area (Å²) < 4.78 is 0. The summed E-state index contributed by atoms with van der Waals surface area (Å²) in [7, 11) is 5.41. The third kappa shape index (κ3) is 6.89. The zero-order chi connectivity index (χ0) is 17.6. The highest BCUT2D eigenvalue weighted by Crippen LogP contribution is 2.16. The van der Waals surface area contributed by atoms with Gasteiger partial charge in [0.2, 0.25) is 0 Å². The molecule has 0 fully saturated rings. The number of amides is 2. The monoisotopic (exact) mass is 355 g/mol. The summed E-state index contributed by atoms with van der Waals surface area (Å²) >= 11 is 0. The molecule has 0 unspecified atom stereocenters. The van der Waals surface area contributed by atoms with E-state index in [9.17, 15) is 9.59 Å². The van der Waals surface area contributed by atoms with Crippen LogP contribution in [0.25, 0.3) is 0 Å². The number of benzene rings is 1. The molecule has 0 aromatic heterocycles. The zero-order valence-corrected chi connectivity index (χ0v) is 16.4. The lowest BCUT2D eigenvalue weighted by Gasteiger charge is -2.26. The van der Waals surface area contributed by atoms with Gasteiger partial charge in [-0.25, -0.2) is 0 Å². The Labute approximate surface area is 151 Å². The summed E-state index contributed by atoms with van der Waals surface area (Å²) in [5.74, 6) is -0.138. The van der Waals surface area contributed by atoms with Crippen molar-refractivity contribution >= 4 is 24.2 Å². The first-order valence-electron chi connectivity index (χ1n) is 7.91. The molecule has 1 N–H and O–H groups in total. The molecule has 0 bridgehead atoms. The quantitative estimate of drug-likeness (QED) is 0.853. The molecule has 1 aromatic rings. The smallest absolute Gasteiger partial charge is 0.253 e. The van der Waals surface area contributed by atoms with Crippen molar-refractivity contribution in [2.45, 2.75) is 20.8 Å². The first-order chi connectivity index (χ1) is 10.7. The maximum absolute atomic E-state index is 12.5. The van der Waals surface area contributed by atoms with E-state index in [4.69, 9.17) is 0 Å². The fourth-order valence-corrected chi connectivity index (χ4v) is 2.39. The van der Waals surface area contributed by atoms with E-state index in [-0.39, 0.29) is 29.6 Å². The average Bonchev–Trinajstić information content (AvgIpc) is 2.49. The van der Waals surface area contributed by atoms with E-state index in [1.807, 2.05) is 7.05 Å². The number of likely N-dealkylation sites (N-methyl/N-ethyl adjacent to an activating group) is 2. The number of nitrogens with one attached hydrogen (secondary N) is 1. The van der Waals surface area contributed by atoms with Gasteiger partial charge in [-0.15, -0.1) is 12.4 Å². The molecule has 24 heavy (non-hydrogen) atoms. The minimum Gasteiger partial charge on any atom is -0.341 e. The van der Waals surface area contributed by atoms with E-state index in [1.165, 1.54) is 0 Å². The Kier molecular flexibility index (Phi) is 9.01. The van der Waals surface area contributed by atoms with E-state index in [0.717, 1.165) is 6.54 Å². The molecule has 1 aromatic carbocycles. The van der Waals surface area contributed by atoms with Crippen LogP contribution in [-0.4, -0.2) is 62.4 Å². The van der Waals surface area contributed by atoms with Crippen molar-refractivity contribution < 1.29 is 9.59 Å². The van der Waals surface area contributed by atoms with Gasteiger partial charge in [-0.05, 0) is 30.7 Å². The number of rotatable bonds is 6. The molecular weight excluding hydrogens is 326 g/mol. The Balaban J connectivity index is 0.00000529. The van der Waals surface area contributed by atoms with Crippen LogP contribution in [-0.2, 0) is 0 Å². The van der Waals surface area contributed by atoms with E-state index in [1.54, 1.807) is 48.2 Å². The van der Waals surface area contributed by atoms with Crippen molar-refractivity contribution in [3.63, 3.8) is 0 Å². The highest BCUT2D eigenvalue weighted by molar-refractivity contribution is 5.99. The molecule has 0 radical (unpaired) electrons. The van der Waals surface area contributed by atoms with E-state index in [0.29, 0.717) is 24.2 Å². The predicted molar refractivity (Wildman–Crippen MR) is 101 cm³/mol. The molecule has 0 spiro atoms. The largest absolute Gasteiger partial charge is 0.341 e. The molecule has 1 rings (SSSR count). The standard InChI is InChI=1S/C18H29N3O2.ClH/c1-18(2,3)13-21(6)17(23)15-9-7-8-14(12-15)16(22)20(5)11-10-19-4;/h7-9,12,19H,10-11,13H2,1-6H3;1H. The molecule has 0 saturated heterocycles. The van der Waals surface area contributed by atoms with Crippen molar-refractivity contribution in [3.05, 3.63) is 35.4 Å². The summed E-state index contributed by atoms with van der Waals surface area (Å²) in [5, 5.41) is 3.02. The fraction of sp³-hybridized carbons (Fsp3) is 0.556. The van der Waals surface area contributed by atoms with Crippen LogP contribution in [0.3, 0.4) is 0 Å². The normalized spacial score (nSPS) is 10.8. The zero-order valence-electron chi connectivity index (χ0n) is 15.5. The Hall–Kier alpha value is -1.59. The van der Waals surface area contributed by atoms with Crippen LogP contribution in [0.1, 0.15) is 41.5 Å². The summed E-state index contributed by atoms with van der Waals surface area (Å²) in [5.41, 5.74) is 1.12. The van der Waals surface area contributed by atoms with Crippen LogP contribution in [0.15, 0.2) is 24.3 Å². The molecule has 5 nitrogen and oxygen atoms in total. The molecule has 0 aliphatic heterocycles. The summed E-state index contributed by atoms with van der Waals surface area (Å²) in [6.45, 7) is 8.28. The summed E-state index contributed by atoms with van der Waals surface area (Å²) in [6.07, 6.45) is 0. The van der Waals surface area contributed by atoms with Crippen LogP contribution >= 0.6 is 12.4 Å². The van der Waals surface area contributed by atoms with E-state index < -0.39 is 0 Å². The fourth-order valence-electron chi connectivity index (χ4n) is 2.39. The Morgan fingerprint density at radius 3 is 2.00 bits per heavy atom. The second-order valence-corrected chi connectivity index (χ2v) is 7.13. The number of hydrogen-bond acceptors (Lipinski definition) is 3. The van der Waals surface area contributed by atoms with Crippen molar-refractivity contribution in [1.29, 1.82) is 0 Å². The molecule has 0 aliphatic carbocycles. The summed E-state index contributed by atoms with van der Waals surface area (Å²) in [4.78, 5) is 28.3. The van der Waals surface area contributed by atoms with Gasteiger partial charge in [-0.2, -0.15) is 0 Å². The van der Waals surface area contributed by atoms with Crippen molar-refractivity contribution in [1.82, 2.24) is 15.1 Å². The number of hydrogen-bond donors (Lipinski definition) is 1. The van der Waals surface area contributed by atoms with Crippen LogP contribution in [0, 0.1) is 5.41 Å². The van der Waals surface area contributed by atoms with Crippen molar-refractivity contribution in [3.8, 4) is 0 Å². The molecule has 136 valence electrons. The predicted octanol–water partition coefficient (Wildman–Crippen LogP) is 2.52. The first kappa shape index (κ1) is 22.4. The highest BCUT2D eigenvalue weighted by atomic mass is 35.5. The van der Waals surface area contributed by atoms with Crippen molar-refractivity contribution in [2.24, 2.45) is 5.41 Å². The third-order valence-electron chi connectivity index (χ3n) is 3.46. The Morgan fingerprint density at radius 1 is 1.04 bits per heavy atom. The SMILES string of the molecule is CNCCN(C)C(=O)c1cccc(C(=O)N(C)CC(C)(C)C)c1.Cl. The van der Waals surface area contributed by atoms with Gasteiger partial charge in [-0.3, -0.25) is 9.59 Å². The van der Waals surface area contributed by atoms with Crippen LogP contribution < -0.4 is 5.32 Å². The van der Waals surface area contributed by atoms with Gasteiger partial charge in [0, 0.05) is 44.9 Å². The van der Waals surface area contributed by atoms with Gasteiger partial charge in [-0.1, -0.05) is 26.8 Å². The minimum atomic E-state index is -0.0756. The Bertz CT molecular complexity index is 555. The van der Waals surface area contributed by atoms with Crippen molar-refractivity contribution in [2.75, 3.05) is 40.8 Å². The number of carbonyl (C=O) groups excluding carboxylic acids is 2. The lowest BCUT2D eigenvalue weighted by molar-refractivity contribution is 0.0745. The summed E-state index contributed by atoms with van der Waals surface area (Å²) in [6, 6.07) is 6.95. The molecule has 0 saturated carbocycles. The first-order valence-corrected chi connectivity index (χ1v) is 7.91. The maximum Gasteiger partial charge on any atom is 0.253 e. The third-order valence-corrected chi connectivity index (χ3v) is 3.46. The van der Waals surface area contributed by atoms with Gasteiger partial charge < -0.3 is 15.1 Å². The van der Waals surface area contributed by atoms with Gasteiger partial charge in [0.1, 0.15) is 0 Å². The minimum absolute atomic E-state index is 0.